The molecule has 0 saturated carbocycles. The van der Waals surface area contributed by atoms with Crippen LogP contribution in [0.4, 0.5) is 0 Å². The summed E-state index contributed by atoms with van der Waals surface area (Å²) >= 11 is 0. The van der Waals surface area contributed by atoms with Gasteiger partial charge in [0.1, 0.15) is 6.61 Å². The number of ether oxygens (including phenoxy) is 2. The largest absolute Gasteiger partial charge is 0.472 e. The van der Waals surface area contributed by atoms with Crippen LogP contribution < -0.4 is 5.73 Å². The van der Waals surface area contributed by atoms with Crippen molar-refractivity contribution in [2.24, 2.45) is 5.73 Å². The van der Waals surface area contributed by atoms with Crippen molar-refractivity contribution in [1.82, 2.24) is 0 Å². The number of nitrogens with two attached hydrogens (primary N) is 1. The Hall–Kier alpha value is -3.07. The zero-order valence-electron chi connectivity index (χ0n) is 53.9. The van der Waals surface area contributed by atoms with Gasteiger partial charge in [0.05, 0.1) is 13.2 Å². The average Bonchev–Trinajstić information content (AvgIpc) is 3.48. The SMILES string of the molecule is CC/C=C\C/C=C\C/C=C\C/C=C\C/C=C\C/C=C\CCCCCCC(=O)OC(COC(=O)CCCCCCCCCCCCCCCCCCCCCCCCCCCCC/C=C\C/C=C\CCCCCCC)COP(=O)(O)OCCN. The number of allylic oxidation sites excluding steroid dienone is 16. The van der Waals surface area contributed by atoms with Gasteiger partial charge in [-0.3, -0.25) is 18.6 Å². The molecule has 2 unspecified atom stereocenters. The fraction of sp³-hybridized carbons (Fsp3) is 0.753. The predicted molar refractivity (Wildman–Crippen MR) is 358 cm³/mol. The molecule has 480 valence electrons. The molecule has 3 N–H and O–H groups in total. The van der Waals surface area contributed by atoms with E-state index in [1.807, 2.05) is 0 Å². The number of phosphoric ester groups is 1. The second-order valence-corrected chi connectivity index (χ2v) is 24.5. The summed E-state index contributed by atoms with van der Waals surface area (Å²) in [5.74, 6) is -0.850. The van der Waals surface area contributed by atoms with E-state index >= 15 is 0 Å². The third kappa shape index (κ3) is 67.9. The third-order valence-corrected chi connectivity index (χ3v) is 15.9. The summed E-state index contributed by atoms with van der Waals surface area (Å²) in [6.45, 7) is 3.62. The van der Waals surface area contributed by atoms with Gasteiger partial charge >= 0.3 is 19.8 Å². The van der Waals surface area contributed by atoms with Crippen molar-refractivity contribution in [3.05, 3.63) is 97.2 Å². The fourth-order valence-corrected chi connectivity index (χ4v) is 10.6. The summed E-state index contributed by atoms with van der Waals surface area (Å²) in [7, 11) is -4.40. The van der Waals surface area contributed by atoms with Crippen molar-refractivity contribution in [2.45, 2.75) is 328 Å². The Bertz CT molecular complexity index is 1680. The first-order chi connectivity index (χ1) is 40.8. The lowest BCUT2D eigenvalue weighted by molar-refractivity contribution is -0.161. The molecular weight excluding hydrogens is 1050 g/mol. The van der Waals surface area contributed by atoms with Gasteiger partial charge in [0.15, 0.2) is 6.10 Å². The second kappa shape index (κ2) is 68.0. The molecule has 2 atom stereocenters. The molecule has 0 aromatic heterocycles. The third-order valence-electron chi connectivity index (χ3n) is 15.0. The summed E-state index contributed by atoms with van der Waals surface area (Å²) in [5.41, 5.74) is 5.39. The van der Waals surface area contributed by atoms with Gasteiger partial charge in [-0.25, -0.2) is 4.57 Å². The average molecular weight is 1180 g/mol. The van der Waals surface area contributed by atoms with Crippen LogP contribution in [0, 0.1) is 0 Å². The summed E-state index contributed by atoms with van der Waals surface area (Å²) < 4.78 is 33.1. The van der Waals surface area contributed by atoms with E-state index in [9.17, 15) is 19.0 Å². The topological polar surface area (TPSA) is 134 Å². The Morgan fingerprint density at radius 3 is 0.988 bits per heavy atom. The molecular formula is C73H130NO8P. The van der Waals surface area contributed by atoms with Crippen LogP contribution in [0.15, 0.2) is 97.2 Å². The van der Waals surface area contributed by atoms with Crippen molar-refractivity contribution >= 4 is 19.8 Å². The maximum atomic E-state index is 12.7. The van der Waals surface area contributed by atoms with Crippen LogP contribution in [-0.2, 0) is 32.7 Å². The van der Waals surface area contributed by atoms with Crippen LogP contribution in [0.2, 0.25) is 0 Å². The minimum atomic E-state index is -4.40. The molecule has 0 amide bonds. The number of carbonyl (C=O) groups excluding carboxylic acids is 2. The molecule has 0 fully saturated rings. The summed E-state index contributed by atoms with van der Waals surface area (Å²) in [5, 5.41) is 0. The van der Waals surface area contributed by atoms with Crippen molar-refractivity contribution in [3.63, 3.8) is 0 Å². The van der Waals surface area contributed by atoms with Crippen LogP contribution in [0.3, 0.4) is 0 Å². The molecule has 83 heavy (non-hydrogen) atoms. The van der Waals surface area contributed by atoms with E-state index < -0.39 is 26.5 Å². The Morgan fingerprint density at radius 1 is 0.373 bits per heavy atom. The number of hydrogen-bond donors (Lipinski definition) is 2. The van der Waals surface area contributed by atoms with Crippen LogP contribution in [-0.4, -0.2) is 49.3 Å². The van der Waals surface area contributed by atoms with E-state index in [4.69, 9.17) is 24.3 Å². The van der Waals surface area contributed by atoms with Crippen molar-refractivity contribution in [3.8, 4) is 0 Å². The highest BCUT2D eigenvalue weighted by molar-refractivity contribution is 7.47. The van der Waals surface area contributed by atoms with Crippen molar-refractivity contribution < 1.29 is 37.6 Å². The molecule has 9 nitrogen and oxygen atoms in total. The predicted octanol–water partition coefficient (Wildman–Crippen LogP) is 22.7. The van der Waals surface area contributed by atoms with Gasteiger partial charge in [-0.2, -0.15) is 0 Å². The summed E-state index contributed by atoms with van der Waals surface area (Å²) in [6, 6.07) is 0. The van der Waals surface area contributed by atoms with Gasteiger partial charge in [0.25, 0.3) is 0 Å². The number of phosphoric acid groups is 1. The Balaban J connectivity index is 3.83. The number of unbranched alkanes of at least 4 members (excludes halogenated alkanes) is 36. The molecule has 0 aliphatic carbocycles. The molecule has 0 aliphatic heterocycles. The van der Waals surface area contributed by atoms with Crippen molar-refractivity contribution in [2.75, 3.05) is 26.4 Å². The zero-order valence-corrected chi connectivity index (χ0v) is 54.8. The van der Waals surface area contributed by atoms with E-state index in [0.717, 1.165) is 89.9 Å². The molecule has 0 aromatic carbocycles. The van der Waals surface area contributed by atoms with E-state index in [2.05, 4.69) is 111 Å². The lowest BCUT2D eigenvalue weighted by atomic mass is 10.0. The van der Waals surface area contributed by atoms with Gasteiger partial charge in [0.2, 0.25) is 0 Å². The van der Waals surface area contributed by atoms with E-state index in [1.165, 1.54) is 199 Å². The Kier molecular flexibility index (Phi) is 65.5. The van der Waals surface area contributed by atoms with E-state index in [0.29, 0.717) is 6.42 Å². The van der Waals surface area contributed by atoms with Crippen LogP contribution >= 0.6 is 7.82 Å². The first-order valence-corrected chi connectivity index (χ1v) is 36.2. The van der Waals surface area contributed by atoms with Crippen LogP contribution in [0.5, 0.6) is 0 Å². The molecule has 10 heteroatoms. The van der Waals surface area contributed by atoms with Crippen LogP contribution in [0.25, 0.3) is 0 Å². The van der Waals surface area contributed by atoms with Gasteiger partial charge in [0, 0.05) is 19.4 Å². The van der Waals surface area contributed by atoms with Gasteiger partial charge in [-0.15, -0.1) is 0 Å². The highest BCUT2D eigenvalue weighted by Crippen LogP contribution is 2.43. The molecule has 0 radical (unpaired) electrons. The second-order valence-electron chi connectivity index (χ2n) is 23.0. The summed E-state index contributed by atoms with van der Waals surface area (Å²) in [4.78, 5) is 35.3. The number of hydrogen-bond acceptors (Lipinski definition) is 8. The zero-order chi connectivity index (χ0) is 60.1. The molecule has 0 rings (SSSR count). The molecule has 0 heterocycles. The number of esters is 2. The summed E-state index contributed by atoms with van der Waals surface area (Å²) in [6.07, 6.45) is 92.3. The number of rotatable bonds is 65. The Labute approximate surface area is 512 Å². The maximum absolute atomic E-state index is 12.7. The molecule has 0 spiro atoms. The molecule has 0 aromatic rings. The highest BCUT2D eigenvalue weighted by atomic mass is 31.2. The maximum Gasteiger partial charge on any atom is 0.472 e. The van der Waals surface area contributed by atoms with E-state index in [-0.39, 0.29) is 38.6 Å². The fourth-order valence-electron chi connectivity index (χ4n) is 9.85. The number of carbonyl (C=O) groups is 2. The standard InChI is InChI=1S/C73H130NO8P/c1-3-5-7-9-11-13-15-17-19-21-23-25-27-28-29-30-31-32-33-34-35-36-37-38-39-40-41-42-44-45-47-49-51-53-55-57-59-61-63-65-72(75)79-69-71(70-81-83(77,78)80-68-67-74)82-73(76)66-64-62-60-58-56-54-52-50-48-46-43-26-24-22-20-18-16-14-12-10-8-6-4-2/h6,8,12,14-15,17-18,20-21,23-24,26,46,48,52,54,71H,3-5,7,9-11,13,16,19,22,25,27-45,47,49-51,53,55-70,74H2,1-2H3,(H,77,78)/b8-6-,14-12-,17-15-,20-18-,23-21-,26-24-,48-46-,54-52-. The van der Waals surface area contributed by atoms with Crippen LogP contribution in [0.1, 0.15) is 322 Å². The van der Waals surface area contributed by atoms with E-state index in [1.54, 1.807) is 0 Å². The molecule has 0 aliphatic rings. The smallest absolute Gasteiger partial charge is 0.462 e. The molecule has 0 saturated heterocycles. The van der Waals surface area contributed by atoms with Crippen molar-refractivity contribution in [1.29, 1.82) is 0 Å². The highest BCUT2D eigenvalue weighted by Gasteiger charge is 2.26. The van der Waals surface area contributed by atoms with Gasteiger partial charge in [-0.1, -0.05) is 310 Å². The monoisotopic (exact) mass is 1180 g/mol. The minimum absolute atomic E-state index is 0.0456. The lowest BCUT2D eigenvalue weighted by Gasteiger charge is -2.19. The Morgan fingerprint density at radius 2 is 0.663 bits per heavy atom. The first kappa shape index (κ1) is 79.9. The minimum Gasteiger partial charge on any atom is -0.462 e. The van der Waals surface area contributed by atoms with Gasteiger partial charge in [-0.05, 0) is 96.3 Å². The normalized spacial score (nSPS) is 13.5. The molecule has 0 bridgehead atoms. The first-order valence-electron chi connectivity index (χ1n) is 34.7. The lowest BCUT2D eigenvalue weighted by Crippen LogP contribution is -2.29. The van der Waals surface area contributed by atoms with Gasteiger partial charge < -0.3 is 20.1 Å². The quantitative estimate of drug-likeness (QED) is 0.0264.